The summed E-state index contributed by atoms with van der Waals surface area (Å²) in [5, 5.41) is 5.87. The molecule has 2 aromatic rings. The highest BCUT2D eigenvalue weighted by Gasteiger charge is 2.12. The van der Waals surface area contributed by atoms with E-state index < -0.39 is 11.6 Å². The number of hydrogen-bond donors (Lipinski definition) is 2. The molecule has 0 aliphatic heterocycles. The molecular formula is C9H6ClF2N3. The zero-order valence-corrected chi connectivity index (χ0v) is 8.15. The molecule has 0 saturated carbocycles. The smallest absolute Gasteiger partial charge is 0.177 e. The van der Waals surface area contributed by atoms with Gasteiger partial charge in [0.1, 0.15) is 5.82 Å². The predicted octanol–water partition coefficient (Wildman–Crippen LogP) is 2.59. The maximum Gasteiger partial charge on any atom is 0.177 e. The van der Waals surface area contributed by atoms with Crippen LogP contribution in [0, 0.1) is 11.6 Å². The van der Waals surface area contributed by atoms with Gasteiger partial charge in [-0.1, -0.05) is 11.6 Å². The normalized spacial score (nSPS) is 10.6. The molecule has 0 fully saturated rings. The van der Waals surface area contributed by atoms with Crippen LogP contribution in [-0.4, -0.2) is 10.2 Å². The van der Waals surface area contributed by atoms with Crippen molar-refractivity contribution in [2.24, 2.45) is 0 Å². The molecule has 0 radical (unpaired) electrons. The maximum atomic E-state index is 13.0. The average molecular weight is 230 g/mol. The Morgan fingerprint density at radius 3 is 2.60 bits per heavy atom. The van der Waals surface area contributed by atoms with E-state index >= 15 is 0 Å². The van der Waals surface area contributed by atoms with Gasteiger partial charge in [-0.3, -0.25) is 5.10 Å². The number of nitrogens with zero attached hydrogens (tertiary/aromatic N) is 1. The van der Waals surface area contributed by atoms with Crippen molar-refractivity contribution in [3.8, 4) is 11.1 Å². The molecule has 1 aromatic carbocycles. The van der Waals surface area contributed by atoms with Crippen molar-refractivity contribution in [2.45, 2.75) is 0 Å². The Morgan fingerprint density at radius 1 is 1.33 bits per heavy atom. The Balaban J connectivity index is 2.60. The van der Waals surface area contributed by atoms with Crippen LogP contribution in [0.15, 0.2) is 18.3 Å². The SMILES string of the molecule is Nc1[nH]ncc1-c1cc(F)c(F)c(Cl)c1. The van der Waals surface area contributed by atoms with E-state index in [-0.39, 0.29) is 10.8 Å². The quantitative estimate of drug-likeness (QED) is 0.739. The van der Waals surface area contributed by atoms with Gasteiger partial charge in [0.15, 0.2) is 11.6 Å². The molecule has 0 aliphatic rings. The summed E-state index contributed by atoms with van der Waals surface area (Å²) >= 11 is 5.50. The van der Waals surface area contributed by atoms with E-state index in [0.29, 0.717) is 11.1 Å². The van der Waals surface area contributed by atoms with Crippen molar-refractivity contribution >= 4 is 17.4 Å². The van der Waals surface area contributed by atoms with E-state index in [1.54, 1.807) is 0 Å². The first-order chi connectivity index (χ1) is 7.09. The van der Waals surface area contributed by atoms with E-state index in [2.05, 4.69) is 10.2 Å². The first-order valence-electron chi connectivity index (χ1n) is 4.03. The monoisotopic (exact) mass is 229 g/mol. The van der Waals surface area contributed by atoms with E-state index in [1.807, 2.05) is 0 Å². The Hall–Kier alpha value is -1.62. The third kappa shape index (κ3) is 1.66. The first-order valence-corrected chi connectivity index (χ1v) is 4.41. The molecule has 3 N–H and O–H groups in total. The summed E-state index contributed by atoms with van der Waals surface area (Å²) in [5.74, 6) is -1.81. The van der Waals surface area contributed by atoms with Gasteiger partial charge in [0, 0.05) is 5.56 Å². The fourth-order valence-electron chi connectivity index (χ4n) is 1.24. The Morgan fingerprint density at radius 2 is 2.07 bits per heavy atom. The molecule has 0 bridgehead atoms. The molecule has 3 nitrogen and oxygen atoms in total. The van der Waals surface area contributed by atoms with E-state index in [4.69, 9.17) is 17.3 Å². The molecule has 1 aromatic heterocycles. The van der Waals surface area contributed by atoms with Gasteiger partial charge in [0.25, 0.3) is 0 Å². The number of aromatic amines is 1. The highest BCUT2D eigenvalue weighted by molar-refractivity contribution is 6.31. The minimum absolute atomic E-state index is 0.275. The molecule has 0 atom stereocenters. The molecule has 15 heavy (non-hydrogen) atoms. The molecule has 6 heteroatoms. The summed E-state index contributed by atoms with van der Waals surface area (Å²) in [6, 6.07) is 2.31. The molecule has 78 valence electrons. The lowest BCUT2D eigenvalue weighted by Crippen LogP contribution is -1.91. The number of nitrogens with one attached hydrogen (secondary N) is 1. The Kier molecular flexibility index (Phi) is 2.32. The standard InChI is InChI=1S/C9H6ClF2N3/c10-6-1-4(2-7(11)8(6)12)5-3-14-15-9(5)13/h1-3H,(H3,13,14,15). The molecule has 0 spiro atoms. The number of nitrogens with two attached hydrogens (primary N) is 1. The van der Waals surface area contributed by atoms with Crippen LogP contribution in [0.2, 0.25) is 5.02 Å². The van der Waals surface area contributed by atoms with Crippen molar-refractivity contribution in [1.82, 2.24) is 10.2 Å². The van der Waals surface area contributed by atoms with Crippen LogP contribution >= 0.6 is 11.6 Å². The summed E-state index contributed by atoms with van der Waals surface area (Å²) in [5.41, 5.74) is 6.40. The van der Waals surface area contributed by atoms with Crippen LogP contribution in [0.25, 0.3) is 11.1 Å². The molecular weight excluding hydrogens is 224 g/mol. The number of aromatic nitrogens is 2. The minimum Gasteiger partial charge on any atom is -0.384 e. The van der Waals surface area contributed by atoms with Gasteiger partial charge in [-0.2, -0.15) is 5.10 Å². The summed E-state index contributed by atoms with van der Waals surface area (Å²) in [7, 11) is 0. The van der Waals surface area contributed by atoms with E-state index in [1.165, 1.54) is 12.3 Å². The van der Waals surface area contributed by atoms with E-state index in [0.717, 1.165) is 6.07 Å². The average Bonchev–Trinajstić information content (AvgIpc) is 2.60. The van der Waals surface area contributed by atoms with Crippen molar-refractivity contribution in [2.75, 3.05) is 5.73 Å². The lowest BCUT2D eigenvalue weighted by molar-refractivity contribution is 0.509. The largest absolute Gasteiger partial charge is 0.384 e. The highest BCUT2D eigenvalue weighted by Crippen LogP contribution is 2.29. The number of hydrogen-bond acceptors (Lipinski definition) is 2. The van der Waals surface area contributed by atoms with Crippen molar-refractivity contribution < 1.29 is 8.78 Å². The summed E-state index contributed by atoms with van der Waals surface area (Å²) in [4.78, 5) is 0. The molecule has 2 rings (SSSR count). The van der Waals surface area contributed by atoms with Gasteiger partial charge in [-0.05, 0) is 17.7 Å². The lowest BCUT2D eigenvalue weighted by atomic mass is 10.1. The van der Waals surface area contributed by atoms with Crippen molar-refractivity contribution in [1.29, 1.82) is 0 Å². The lowest BCUT2D eigenvalue weighted by Gasteiger charge is -2.02. The summed E-state index contributed by atoms with van der Waals surface area (Å²) < 4.78 is 25.9. The molecule has 0 saturated heterocycles. The fraction of sp³-hybridized carbons (Fsp3) is 0. The molecule has 0 unspecified atom stereocenters. The fourth-order valence-corrected chi connectivity index (χ4v) is 1.45. The third-order valence-electron chi connectivity index (χ3n) is 1.96. The Bertz CT molecular complexity index is 487. The van der Waals surface area contributed by atoms with Crippen molar-refractivity contribution in [3.05, 3.63) is 35.0 Å². The summed E-state index contributed by atoms with van der Waals surface area (Å²) in [6.45, 7) is 0. The molecule has 0 aliphatic carbocycles. The number of rotatable bonds is 1. The zero-order chi connectivity index (χ0) is 11.0. The first kappa shape index (κ1) is 9.92. The van der Waals surface area contributed by atoms with Gasteiger partial charge >= 0.3 is 0 Å². The van der Waals surface area contributed by atoms with Crippen LogP contribution < -0.4 is 5.73 Å². The Labute approximate surface area is 88.9 Å². The number of benzene rings is 1. The van der Waals surface area contributed by atoms with Gasteiger partial charge in [-0.15, -0.1) is 0 Å². The number of halogens is 3. The predicted molar refractivity (Wildman–Crippen MR) is 53.4 cm³/mol. The maximum absolute atomic E-state index is 13.0. The molecule has 0 amide bonds. The summed E-state index contributed by atoms with van der Waals surface area (Å²) in [6.07, 6.45) is 1.42. The van der Waals surface area contributed by atoms with Crippen molar-refractivity contribution in [3.63, 3.8) is 0 Å². The van der Waals surface area contributed by atoms with Crippen LogP contribution in [-0.2, 0) is 0 Å². The topological polar surface area (TPSA) is 54.7 Å². The minimum atomic E-state index is -1.07. The molecule has 1 heterocycles. The van der Waals surface area contributed by atoms with Crippen LogP contribution in [0.3, 0.4) is 0 Å². The van der Waals surface area contributed by atoms with Crippen LogP contribution in [0.1, 0.15) is 0 Å². The number of nitrogen functional groups attached to an aromatic ring is 1. The number of anilines is 1. The van der Waals surface area contributed by atoms with Gasteiger partial charge < -0.3 is 5.73 Å². The number of H-pyrrole nitrogens is 1. The van der Waals surface area contributed by atoms with Gasteiger partial charge in [-0.25, -0.2) is 8.78 Å². The highest BCUT2D eigenvalue weighted by atomic mass is 35.5. The second kappa shape index (κ2) is 3.51. The third-order valence-corrected chi connectivity index (χ3v) is 2.24. The second-order valence-electron chi connectivity index (χ2n) is 2.95. The van der Waals surface area contributed by atoms with E-state index in [9.17, 15) is 8.78 Å². The zero-order valence-electron chi connectivity index (χ0n) is 7.39. The van der Waals surface area contributed by atoms with Crippen LogP contribution in [0.5, 0.6) is 0 Å². The second-order valence-corrected chi connectivity index (χ2v) is 3.36. The van der Waals surface area contributed by atoms with Gasteiger partial charge in [0.2, 0.25) is 0 Å². The van der Waals surface area contributed by atoms with Gasteiger partial charge in [0.05, 0.1) is 11.2 Å². The van der Waals surface area contributed by atoms with Crippen LogP contribution in [0.4, 0.5) is 14.6 Å².